The van der Waals surface area contributed by atoms with Crippen LogP contribution >= 0.6 is 0 Å². The van der Waals surface area contributed by atoms with Crippen molar-refractivity contribution in [3.05, 3.63) is 48.0 Å². The Hall–Kier alpha value is -1.41. The van der Waals surface area contributed by atoms with Crippen molar-refractivity contribution in [2.45, 2.75) is 24.9 Å². The third kappa shape index (κ3) is 1.61. The average molecular weight is 202 g/mol. The number of aliphatic hydroxyl groups is 1. The summed E-state index contributed by atoms with van der Waals surface area (Å²) in [7, 11) is 0. The van der Waals surface area contributed by atoms with Gasteiger partial charge in [-0.3, -0.25) is 4.79 Å². The van der Waals surface area contributed by atoms with Crippen molar-refractivity contribution in [1.82, 2.24) is 0 Å². The Morgan fingerprint density at radius 3 is 2.93 bits per heavy atom. The molecule has 1 aromatic carbocycles. The van der Waals surface area contributed by atoms with Gasteiger partial charge in [0, 0.05) is 12.0 Å². The first-order valence-corrected chi connectivity index (χ1v) is 5.13. The summed E-state index contributed by atoms with van der Waals surface area (Å²) < 4.78 is 0. The minimum absolute atomic E-state index is 0.163. The van der Waals surface area contributed by atoms with E-state index in [4.69, 9.17) is 0 Å². The van der Waals surface area contributed by atoms with Gasteiger partial charge in [-0.25, -0.2) is 0 Å². The Kier molecular flexibility index (Phi) is 2.45. The highest BCUT2D eigenvalue weighted by atomic mass is 16.3. The molecule has 0 saturated heterocycles. The molecular weight excluding hydrogens is 188 g/mol. The van der Waals surface area contributed by atoms with Gasteiger partial charge in [0.1, 0.15) is 5.60 Å². The number of fused-ring (bicyclic) bond motifs is 1. The van der Waals surface area contributed by atoms with Crippen LogP contribution in [0.5, 0.6) is 0 Å². The van der Waals surface area contributed by atoms with Crippen LogP contribution in [-0.4, -0.2) is 16.5 Å². The highest BCUT2D eigenvalue weighted by molar-refractivity contribution is 6.04. The van der Waals surface area contributed by atoms with E-state index >= 15 is 0 Å². The molecule has 0 aromatic heterocycles. The topological polar surface area (TPSA) is 37.3 Å². The lowest BCUT2D eigenvalue weighted by molar-refractivity contribution is 0.0260. The molecule has 1 aliphatic rings. The maximum atomic E-state index is 12.0. The first kappa shape index (κ1) is 10.1. The van der Waals surface area contributed by atoms with Gasteiger partial charge in [0.15, 0.2) is 5.78 Å². The molecule has 0 unspecified atom stereocenters. The molecule has 0 spiro atoms. The monoisotopic (exact) mass is 202 g/mol. The molecule has 2 rings (SSSR count). The third-order valence-corrected chi connectivity index (χ3v) is 2.97. The molecule has 0 heterocycles. The highest BCUT2D eigenvalue weighted by Crippen LogP contribution is 2.31. The SMILES string of the molecule is C=CC[C@]1(O)CCc2ccccc2C1=O. The summed E-state index contributed by atoms with van der Waals surface area (Å²) in [5.41, 5.74) is 0.472. The zero-order valence-electron chi connectivity index (χ0n) is 8.57. The number of benzene rings is 1. The van der Waals surface area contributed by atoms with Gasteiger partial charge in [0.25, 0.3) is 0 Å². The number of Topliss-reactive ketones (excluding diaryl/α,β-unsaturated/α-hetero) is 1. The van der Waals surface area contributed by atoms with Crippen LogP contribution in [0.4, 0.5) is 0 Å². The van der Waals surface area contributed by atoms with Crippen LogP contribution < -0.4 is 0 Å². The van der Waals surface area contributed by atoms with Crippen LogP contribution in [0.1, 0.15) is 28.8 Å². The van der Waals surface area contributed by atoms with Crippen molar-refractivity contribution in [3.63, 3.8) is 0 Å². The van der Waals surface area contributed by atoms with E-state index in [1.54, 1.807) is 12.1 Å². The summed E-state index contributed by atoms with van der Waals surface area (Å²) in [4.78, 5) is 12.0. The average Bonchev–Trinajstić information content (AvgIpc) is 2.25. The zero-order valence-corrected chi connectivity index (χ0v) is 8.57. The number of hydrogen-bond acceptors (Lipinski definition) is 2. The van der Waals surface area contributed by atoms with Crippen LogP contribution in [-0.2, 0) is 6.42 Å². The number of ketones is 1. The molecule has 0 bridgehead atoms. The van der Waals surface area contributed by atoms with Crippen LogP contribution in [0.2, 0.25) is 0 Å². The largest absolute Gasteiger partial charge is 0.381 e. The fraction of sp³-hybridized carbons (Fsp3) is 0.308. The van der Waals surface area contributed by atoms with Gasteiger partial charge in [0.2, 0.25) is 0 Å². The summed E-state index contributed by atoms with van der Waals surface area (Å²) in [5, 5.41) is 10.2. The molecule has 0 fully saturated rings. The van der Waals surface area contributed by atoms with Crippen molar-refractivity contribution in [3.8, 4) is 0 Å². The zero-order chi connectivity index (χ0) is 10.9. The predicted molar refractivity (Wildman–Crippen MR) is 58.9 cm³/mol. The Morgan fingerprint density at radius 2 is 2.20 bits per heavy atom. The minimum atomic E-state index is -1.23. The molecule has 2 heteroatoms. The van der Waals surface area contributed by atoms with Gasteiger partial charge in [-0.2, -0.15) is 0 Å². The second kappa shape index (κ2) is 3.63. The molecule has 0 amide bonds. The molecule has 0 radical (unpaired) electrons. The summed E-state index contributed by atoms with van der Waals surface area (Å²) in [6, 6.07) is 7.48. The summed E-state index contributed by atoms with van der Waals surface area (Å²) in [6.45, 7) is 3.58. The van der Waals surface area contributed by atoms with Crippen molar-refractivity contribution < 1.29 is 9.90 Å². The Labute approximate surface area is 89.2 Å². The number of aryl methyl sites for hydroxylation is 1. The Balaban J connectivity index is 2.41. The summed E-state index contributed by atoms with van der Waals surface area (Å²) in [5.74, 6) is -0.163. The van der Waals surface area contributed by atoms with Gasteiger partial charge in [-0.1, -0.05) is 30.3 Å². The van der Waals surface area contributed by atoms with E-state index in [-0.39, 0.29) is 5.78 Å². The smallest absolute Gasteiger partial charge is 0.194 e. The molecular formula is C13H14O2. The molecule has 0 saturated carbocycles. The second-order valence-electron chi connectivity index (χ2n) is 4.01. The van der Waals surface area contributed by atoms with Crippen molar-refractivity contribution in [2.75, 3.05) is 0 Å². The van der Waals surface area contributed by atoms with Crippen LogP contribution in [0.25, 0.3) is 0 Å². The van der Waals surface area contributed by atoms with Crippen molar-refractivity contribution in [1.29, 1.82) is 0 Å². The van der Waals surface area contributed by atoms with E-state index in [9.17, 15) is 9.90 Å². The number of carbonyl (C=O) groups excluding carboxylic acids is 1. The van der Waals surface area contributed by atoms with E-state index in [2.05, 4.69) is 6.58 Å². The quantitative estimate of drug-likeness (QED) is 0.746. The predicted octanol–water partition coefficient (Wildman–Crippen LogP) is 2.12. The highest BCUT2D eigenvalue weighted by Gasteiger charge is 2.39. The summed E-state index contributed by atoms with van der Waals surface area (Å²) in [6.07, 6.45) is 3.19. The van der Waals surface area contributed by atoms with E-state index < -0.39 is 5.60 Å². The Bertz CT molecular complexity index is 409. The van der Waals surface area contributed by atoms with Gasteiger partial charge < -0.3 is 5.11 Å². The van der Waals surface area contributed by atoms with E-state index in [0.29, 0.717) is 18.4 Å². The second-order valence-corrected chi connectivity index (χ2v) is 4.01. The fourth-order valence-electron chi connectivity index (χ4n) is 2.10. The lowest BCUT2D eigenvalue weighted by Crippen LogP contribution is -2.42. The molecule has 1 N–H and O–H groups in total. The fourth-order valence-corrected chi connectivity index (χ4v) is 2.10. The van der Waals surface area contributed by atoms with Gasteiger partial charge in [-0.15, -0.1) is 6.58 Å². The standard InChI is InChI=1S/C13H14O2/c1-2-8-13(15)9-7-10-5-3-4-6-11(10)12(13)14/h2-6,15H,1,7-9H2/t13-/m0/s1. The normalized spacial score (nSPS) is 24.7. The van der Waals surface area contributed by atoms with Crippen LogP contribution in [0.3, 0.4) is 0 Å². The number of rotatable bonds is 2. The van der Waals surface area contributed by atoms with E-state index in [0.717, 1.165) is 12.0 Å². The van der Waals surface area contributed by atoms with Crippen LogP contribution in [0.15, 0.2) is 36.9 Å². The van der Waals surface area contributed by atoms with Gasteiger partial charge in [0.05, 0.1) is 0 Å². The maximum Gasteiger partial charge on any atom is 0.194 e. The summed E-state index contributed by atoms with van der Waals surface area (Å²) >= 11 is 0. The van der Waals surface area contributed by atoms with Crippen molar-refractivity contribution >= 4 is 5.78 Å². The van der Waals surface area contributed by atoms with E-state index in [1.807, 2.05) is 18.2 Å². The van der Waals surface area contributed by atoms with Crippen molar-refractivity contribution in [2.24, 2.45) is 0 Å². The van der Waals surface area contributed by atoms with Crippen LogP contribution in [0, 0.1) is 0 Å². The van der Waals surface area contributed by atoms with Gasteiger partial charge >= 0.3 is 0 Å². The molecule has 1 aromatic rings. The van der Waals surface area contributed by atoms with E-state index in [1.165, 1.54) is 0 Å². The molecule has 1 atom stereocenters. The number of hydrogen-bond donors (Lipinski definition) is 1. The van der Waals surface area contributed by atoms with Gasteiger partial charge in [-0.05, 0) is 18.4 Å². The third-order valence-electron chi connectivity index (χ3n) is 2.97. The minimum Gasteiger partial charge on any atom is -0.381 e. The lowest BCUT2D eigenvalue weighted by Gasteiger charge is -2.30. The first-order chi connectivity index (χ1) is 7.17. The molecule has 15 heavy (non-hydrogen) atoms. The molecule has 1 aliphatic carbocycles. The lowest BCUT2D eigenvalue weighted by atomic mass is 9.77. The Morgan fingerprint density at radius 1 is 1.47 bits per heavy atom. The maximum absolute atomic E-state index is 12.0. The molecule has 0 aliphatic heterocycles. The molecule has 2 nitrogen and oxygen atoms in total. The number of carbonyl (C=O) groups is 1. The molecule has 78 valence electrons. The first-order valence-electron chi connectivity index (χ1n) is 5.13.